The van der Waals surface area contributed by atoms with Crippen LogP contribution >= 0.6 is 0 Å². The molecule has 0 unspecified atom stereocenters. The molecule has 1 N–H and O–H groups in total. The fraction of sp³-hybridized carbons (Fsp3) is 0.160. The predicted molar refractivity (Wildman–Crippen MR) is 123 cm³/mol. The third-order valence-corrected chi connectivity index (χ3v) is 4.87. The van der Waals surface area contributed by atoms with E-state index in [1.54, 1.807) is 23.9 Å². The van der Waals surface area contributed by atoms with Crippen LogP contribution in [0.15, 0.2) is 72.8 Å². The fourth-order valence-corrected chi connectivity index (χ4v) is 3.16. The second kappa shape index (κ2) is 10.1. The molecule has 168 valence electrons. The molecule has 8 heteroatoms. The van der Waals surface area contributed by atoms with Gasteiger partial charge >= 0.3 is 6.01 Å². The number of carbonyl (C=O) groups is 1. The minimum absolute atomic E-state index is 0.225. The van der Waals surface area contributed by atoms with E-state index >= 15 is 0 Å². The van der Waals surface area contributed by atoms with Gasteiger partial charge in [-0.3, -0.25) is 4.79 Å². The molecule has 0 fully saturated rings. The van der Waals surface area contributed by atoms with E-state index in [1.807, 2.05) is 43.3 Å². The number of rotatable bonds is 8. The average molecular weight is 446 g/mol. The van der Waals surface area contributed by atoms with Crippen LogP contribution in [0.2, 0.25) is 0 Å². The van der Waals surface area contributed by atoms with Gasteiger partial charge in [0.1, 0.15) is 12.4 Å². The molecule has 1 amide bonds. The molecule has 0 aliphatic carbocycles. The molecule has 1 aromatic heterocycles. The number of amides is 1. The van der Waals surface area contributed by atoms with Crippen molar-refractivity contribution >= 4 is 11.6 Å². The first-order chi connectivity index (χ1) is 16.0. The summed E-state index contributed by atoms with van der Waals surface area (Å²) >= 11 is 0. The Labute approximate surface area is 190 Å². The Morgan fingerprint density at radius 1 is 1.03 bits per heavy atom. The molecule has 0 aliphatic heterocycles. The summed E-state index contributed by atoms with van der Waals surface area (Å²) in [5.41, 5.74) is 3.62. The van der Waals surface area contributed by atoms with Crippen LogP contribution in [0.3, 0.4) is 0 Å². The lowest BCUT2D eigenvalue weighted by Crippen LogP contribution is -2.12. The Morgan fingerprint density at radius 2 is 1.79 bits per heavy atom. The van der Waals surface area contributed by atoms with E-state index in [2.05, 4.69) is 15.4 Å². The number of halogens is 1. The lowest BCUT2D eigenvalue weighted by molar-refractivity contribution is 0.102. The number of hydrogen-bond acceptors (Lipinski definition) is 5. The zero-order valence-electron chi connectivity index (χ0n) is 18.3. The Balaban J connectivity index is 1.65. The molecular weight excluding hydrogens is 423 g/mol. The zero-order valence-corrected chi connectivity index (χ0v) is 18.3. The third-order valence-electron chi connectivity index (χ3n) is 4.87. The number of benzene rings is 3. The maximum atomic E-state index is 13.2. The smallest absolute Gasteiger partial charge is 0.336 e. The molecule has 0 radical (unpaired) electrons. The largest absolute Gasteiger partial charge is 0.460 e. The molecule has 0 aliphatic rings. The van der Waals surface area contributed by atoms with Crippen LogP contribution in [0.5, 0.6) is 6.01 Å². The van der Waals surface area contributed by atoms with Gasteiger partial charge < -0.3 is 14.8 Å². The summed E-state index contributed by atoms with van der Waals surface area (Å²) in [7, 11) is 1.60. The van der Waals surface area contributed by atoms with Crippen LogP contribution in [-0.2, 0) is 4.74 Å². The highest BCUT2D eigenvalue weighted by atomic mass is 19.1. The van der Waals surface area contributed by atoms with Crippen LogP contribution < -0.4 is 10.1 Å². The summed E-state index contributed by atoms with van der Waals surface area (Å²) in [5.74, 6) is -0.135. The second-order valence-corrected chi connectivity index (χ2v) is 7.35. The van der Waals surface area contributed by atoms with E-state index in [0.29, 0.717) is 36.0 Å². The number of hydrogen-bond donors (Lipinski definition) is 1. The van der Waals surface area contributed by atoms with Crippen LogP contribution in [-0.4, -0.2) is 41.0 Å². The summed E-state index contributed by atoms with van der Waals surface area (Å²) in [6.07, 6.45) is 0. The predicted octanol–water partition coefficient (Wildman–Crippen LogP) is 4.66. The quantitative estimate of drug-likeness (QED) is 0.398. The van der Waals surface area contributed by atoms with Gasteiger partial charge in [0, 0.05) is 23.9 Å². The first kappa shape index (κ1) is 22.2. The topological polar surface area (TPSA) is 78.3 Å². The minimum Gasteiger partial charge on any atom is -0.460 e. The van der Waals surface area contributed by atoms with E-state index in [1.165, 1.54) is 24.3 Å². The highest BCUT2D eigenvalue weighted by molar-refractivity contribution is 6.04. The molecule has 33 heavy (non-hydrogen) atoms. The summed E-state index contributed by atoms with van der Waals surface area (Å²) in [5, 5.41) is 7.35. The molecule has 0 atom stereocenters. The third kappa shape index (κ3) is 5.42. The molecule has 3 aromatic carbocycles. The maximum Gasteiger partial charge on any atom is 0.336 e. The Bertz CT molecular complexity index is 1240. The number of aryl methyl sites for hydroxylation is 1. The van der Waals surface area contributed by atoms with Crippen molar-refractivity contribution in [2.24, 2.45) is 0 Å². The van der Waals surface area contributed by atoms with Crippen molar-refractivity contribution in [1.29, 1.82) is 0 Å². The van der Waals surface area contributed by atoms with Gasteiger partial charge in [0.2, 0.25) is 0 Å². The van der Waals surface area contributed by atoms with Gasteiger partial charge in [0.15, 0.2) is 5.82 Å². The Morgan fingerprint density at radius 3 is 2.52 bits per heavy atom. The first-order valence-electron chi connectivity index (χ1n) is 10.4. The molecule has 7 nitrogen and oxygen atoms in total. The molecule has 4 rings (SSSR count). The molecule has 0 saturated heterocycles. The summed E-state index contributed by atoms with van der Waals surface area (Å²) in [4.78, 5) is 17.1. The van der Waals surface area contributed by atoms with Gasteiger partial charge in [0.05, 0.1) is 12.3 Å². The number of aromatic nitrogens is 3. The summed E-state index contributed by atoms with van der Waals surface area (Å²) < 4.78 is 25.5. The van der Waals surface area contributed by atoms with Crippen LogP contribution in [0.25, 0.3) is 17.1 Å². The summed E-state index contributed by atoms with van der Waals surface area (Å²) in [6.45, 7) is 2.75. The zero-order chi connectivity index (χ0) is 23.2. The van der Waals surface area contributed by atoms with Crippen molar-refractivity contribution in [2.45, 2.75) is 6.92 Å². The van der Waals surface area contributed by atoms with Crippen LogP contribution in [0.1, 0.15) is 15.9 Å². The van der Waals surface area contributed by atoms with E-state index in [0.717, 1.165) is 11.1 Å². The Kier molecular flexibility index (Phi) is 6.75. The molecule has 1 heterocycles. The van der Waals surface area contributed by atoms with Crippen molar-refractivity contribution < 1.29 is 18.7 Å². The van der Waals surface area contributed by atoms with Gasteiger partial charge in [0.25, 0.3) is 5.91 Å². The molecular formula is C25H23FN4O3. The van der Waals surface area contributed by atoms with Gasteiger partial charge in [-0.2, -0.15) is 4.98 Å². The number of nitrogens with one attached hydrogen (secondary N) is 1. The van der Waals surface area contributed by atoms with E-state index in [4.69, 9.17) is 9.47 Å². The first-order valence-corrected chi connectivity index (χ1v) is 10.4. The number of ether oxygens (including phenoxy) is 2. The highest BCUT2D eigenvalue weighted by Crippen LogP contribution is 2.25. The van der Waals surface area contributed by atoms with Crippen molar-refractivity contribution in [3.8, 4) is 23.1 Å². The van der Waals surface area contributed by atoms with Crippen molar-refractivity contribution in [3.05, 3.63) is 89.7 Å². The van der Waals surface area contributed by atoms with Crippen LogP contribution in [0.4, 0.5) is 10.1 Å². The van der Waals surface area contributed by atoms with Gasteiger partial charge in [-0.05, 0) is 49.4 Å². The van der Waals surface area contributed by atoms with Crippen molar-refractivity contribution in [2.75, 3.05) is 25.6 Å². The number of carbonyl (C=O) groups excluding carboxylic acids is 1. The highest BCUT2D eigenvalue weighted by Gasteiger charge is 2.16. The number of methoxy groups -OCH3 is 1. The van der Waals surface area contributed by atoms with Gasteiger partial charge in [-0.15, -0.1) is 5.10 Å². The minimum atomic E-state index is -0.396. The van der Waals surface area contributed by atoms with Gasteiger partial charge in [-0.1, -0.05) is 35.9 Å². The van der Waals surface area contributed by atoms with Gasteiger partial charge in [-0.25, -0.2) is 9.07 Å². The lowest BCUT2D eigenvalue weighted by Gasteiger charge is -2.09. The average Bonchev–Trinajstić information content (AvgIpc) is 3.24. The molecule has 0 spiro atoms. The van der Waals surface area contributed by atoms with E-state index in [-0.39, 0.29) is 11.9 Å². The second-order valence-electron chi connectivity index (χ2n) is 7.35. The van der Waals surface area contributed by atoms with Crippen molar-refractivity contribution in [3.63, 3.8) is 0 Å². The normalized spacial score (nSPS) is 10.8. The molecule has 0 saturated carbocycles. The monoisotopic (exact) mass is 446 g/mol. The summed E-state index contributed by atoms with van der Waals surface area (Å²) in [6, 6.07) is 20.7. The van der Waals surface area contributed by atoms with Crippen LogP contribution in [0, 0.1) is 12.7 Å². The van der Waals surface area contributed by atoms with E-state index in [9.17, 15) is 9.18 Å². The number of nitrogens with zero attached hydrogens (tertiary/aromatic N) is 3. The van der Waals surface area contributed by atoms with E-state index < -0.39 is 5.82 Å². The SMILES string of the molecule is COCCOc1nc(-c2ccc(C)cc2)n(-c2cccc(NC(=O)c3ccc(F)cc3)c2)n1. The Hall–Kier alpha value is -4.04. The lowest BCUT2D eigenvalue weighted by atomic mass is 10.1. The van der Waals surface area contributed by atoms with Crippen molar-refractivity contribution in [1.82, 2.24) is 14.8 Å². The fourth-order valence-electron chi connectivity index (χ4n) is 3.16. The number of anilines is 1. The maximum absolute atomic E-state index is 13.2. The standard InChI is InChI=1S/C25H23FN4O3/c1-17-6-8-18(9-7-17)23-28-25(33-15-14-32-2)29-30(23)22-5-3-4-21(16-22)27-24(31)19-10-12-20(26)13-11-19/h3-13,16H,14-15H2,1-2H3,(H,27,31). The molecule has 4 aromatic rings. The molecule has 0 bridgehead atoms.